The van der Waals surface area contributed by atoms with Crippen LogP contribution in [0.3, 0.4) is 0 Å². The Labute approximate surface area is 154 Å². The molecule has 0 saturated heterocycles. The molecule has 2 rings (SSSR count). The normalized spacial score (nSPS) is 12.0. The summed E-state index contributed by atoms with van der Waals surface area (Å²) in [6.45, 7) is 5.39. The number of benzene rings is 1. The predicted octanol–water partition coefficient (Wildman–Crippen LogP) is 3.14. The van der Waals surface area contributed by atoms with Crippen molar-refractivity contribution in [2.24, 2.45) is 0 Å². The summed E-state index contributed by atoms with van der Waals surface area (Å²) in [6, 6.07) is 5.44. The second kappa shape index (κ2) is 9.33. The highest BCUT2D eigenvalue weighted by atomic mass is 32.2. The van der Waals surface area contributed by atoms with Gasteiger partial charge in [0.25, 0.3) is 5.89 Å². The highest BCUT2D eigenvalue weighted by Gasteiger charge is 2.18. The molecule has 26 heavy (non-hydrogen) atoms. The second-order valence-electron chi connectivity index (χ2n) is 5.82. The molecule has 1 aromatic heterocycles. The number of nitrogens with one attached hydrogen (secondary N) is 1. The molecule has 1 unspecified atom stereocenters. The lowest BCUT2D eigenvalue weighted by Crippen LogP contribution is -2.21. The van der Waals surface area contributed by atoms with E-state index in [1.54, 1.807) is 6.92 Å². The molecule has 0 saturated carbocycles. The van der Waals surface area contributed by atoms with Gasteiger partial charge in [-0.15, -0.1) is 11.8 Å². The van der Waals surface area contributed by atoms with Crippen LogP contribution in [-0.2, 0) is 20.9 Å². The maximum absolute atomic E-state index is 12.8. The summed E-state index contributed by atoms with van der Waals surface area (Å²) in [4.78, 5) is 27.9. The van der Waals surface area contributed by atoms with Crippen LogP contribution in [0.2, 0.25) is 0 Å². The number of carbonyl (C=O) groups is 2. The second-order valence-corrected chi connectivity index (χ2v) is 7.15. The molecule has 0 spiro atoms. The Morgan fingerprint density at radius 1 is 1.27 bits per heavy atom. The van der Waals surface area contributed by atoms with Gasteiger partial charge in [-0.1, -0.05) is 19.0 Å². The van der Waals surface area contributed by atoms with E-state index in [1.807, 2.05) is 13.8 Å². The Morgan fingerprint density at radius 3 is 2.58 bits per heavy atom. The Bertz CT molecular complexity index is 749. The van der Waals surface area contributed by atoms with Gasteiger partial charge in [-0.05, 0) is 31.2 Å². The van der Waals surface area contributed by atoms with Crippen LogP contribution in [0.4, 0.5) is 10.1 Å². The first-order valence-electron chi connectivity index (χ1n) is 8.01. The van der Waals surface area contributed by atoms with E-state index >= 15 is 0 Å². The summed E-state index contributed by atoms with van der Waals surface area (Å²) in [5.41, 5.74) is 0.490. The fourth-order valence-electron chi connectivity index (χ4n) is 1.81. The van der Waals surface area contributed by atoms with Crippen LogP contribution in [0, 0.1) is 5.82 Å². The molecular formula is C17H20FN3O4S. The van der Waals surface area contributed by atoms with Crippen LogP contribution in [0.15, 0.2) is 28.8 Å². The van der Waals surface area contributed by atoms with Gasteiger partial charge in [-0.2, -0.15) is 4.98 Å². The SMILES string of the molecule is CC(SCC(=O)Nc1ccc(F)cc1)C(=O)OCc1nc(C(C)C)no1. The number of anilines is 1. The molecule has 1 heterocycles. The number of thioether (sulfide) groups is 1. The first kappa shape index (κ1) is 19.9. The minimum atomic E-state index is -0.540. The topological polar surface area (TPSA) is 94.3 Å². The molecule has 0 aliphatic carbocycles. The van der Waals surface area contributed by atoms with Gasteiger partial charge in [0.05, 0.1) is 5.75 Å². The number of amides is 1. The van der Waals surface area contributed by atoms with Crippen molar-refractivity contribution in [3.63, 3.8) is 0 Å². The number of rotatable bonds is 8. The Balaban J connectivity index is 1.72. The molecule has 9 heteroatoms. The zero-order valence-corrected chi connectivity index (χ0v) is 15.5. The number of hydrogen-bond acceptors (Lipinski definition) is 7. The molecule has 1 atom stereocenters. The highest BCUT2D eigenvalue weighted by molar-refractivity contribution is 8.01. The third-order valence-electron chi connectivity index (χ3n) is 3.26. The van der Waals surface area contributed by atoms with Gasteiger partial charge in [0.1, 0.15) is 11.1 Å². The highest BCUT2D eigenvalue weighted by Crippen LogP contribution is 2.15. The third kappa shape index (κ3) is 6.14. The first-order valence-corrected chi connectivity index (χ1v) is 9.06. The maximum Gasteiger partial charge on any atom is 0.319 e. The smallest absolute Gasteiger partial charge is 0.319 e. The van der Waals surface area contributed by atoms with Gasteiger partial charge < -0.3 is 14.6 Å². The number of hydrogen-bond donors (Lipinski definition) is 1. The number of aromatic nitrogens is 2. The van der Waals surface area contributed by atoms with Gasteiger partial charge in [0, 0.05) is 11.6 Å². The molecule has 1 aromatic carbocycles. The predicted molar refractivity (Wildman–Crippen MR) is 95.1 cm³/mol. The van der Waals surface area contributed by atoms with Crippen molar-refractivity contribution in [2.75, 3.05) is 11.1 Å². The summed E-state index contributed by atoms with van der Waals surface area (Å²) in [7, 11) is 0. The fraction of sp³-hybridized carbons (Fsp3) is 0.412. The zero-order valence-electron chi connectivity index (χ0n) is 14.7. The summed E-state index contributed by atoms with van der Waals surface area (Å²) >= 11 is 1.13. The van der Waals surface area contributed by atoms with Gasteiger partial charge >= 0.3 is 5.97 Å². The zero-order chi connectivity index (χ0) is 19.1. The Morgan fingerprint density at radius 2 is 1.96 bits per heavy atom. The first-order chi connectivity index (χ1) is 12.3. The lowest BCUT2D eigenvalue weighted by Gasteiger charge is -2.10. The molecule has 0 aliphatic heterocycles. The molecule has 1 amide bonds. The largest absolute Gasteiger partial charge is 0.455 e. The van der Waals surface area contributed by atoms with E-state index in [1.165, 1.54) is 24.3 Å². The molecule has 0 fully saturated rings. The molecule has 2 aromatic rings. The van der Waals surface area contributed by atoms with Crippen molar-refractivity contribution in [2.45, 2.75) is 38.5 Å². The van der Waals surface area contributed by atoms with Crippen molar-refractivity contribution in [1.29, 1.82) is 0 Å². The van der Waals surface area contributed by atoms with Crippen LogP contribution in [0.5, 0.6) is 0 Å². The van der Waals surface area contributed by atoms with E-state index in [2.05, 4.69) is 15.5 Å². The molecule has 1 N–H and O–H groups in total. The number of nitrogens with zero attached hydrogens (tertiary/aromatic N) is 2. The molecule has 7 nitrogen and oxygen atoms in total. The summed E-state index contributed by atoms with van der Waals surface area (Å²) < 4.78 is 22.9. The van der Waals surface area contributed by atoms with Crippen molar-refractivity contribution < 1.29 is 23.2 Å². The standard InChI is InChI=1S/C17H20FN3O4S/c1-10(2)16-20-15(25-21-16)8-24-17(23)11(3)26-9-14(22)19-13-6-4-12(18)5-7-13/h4-7,10-11H,8-9H2,1-3H3,(H,19,22). The lowest BCUT2D eigenvalue weighted by atomic mass is 10.2. The molecule has 0 radical (unpaired) electrons. The van der Waals surface area contributed by atoms with Gasteiger partial charge in [0.15, 0.2) is 12.4 Å². The van der Waals surface area contributed by atoms with Gasteiger partial charge in [0.2, 0.25) is 5.91 Å². The van der Waals surface area contributed by atoms with E-state index in [0.29, 0.717) is 11.5 Å². The van der Waals surface area contributed by atoms with E-state index in [-0.39, 0.29) is 35.9 Å². The monoisotopic (exact) mass is 381 g/mol. The van der Waals surface area contributed by atoms with Gasteiger partial charge in [-0.25, -0.2) is 4.39 Å². The Hall–Kier alpha value is -2.42. The minimum Gasteiger partial charge on any atom is -0.455 e. The maximum atomic E-state index is 12.8. The quantitative estimate of drug-likeness (QED) is 0.702. The van der Waals surface area contributed by atoms with E-state index in [4.69, 9.17) is 9.26 Å². The lowest BCUT2D eigenvalue weighted by molar-refractivity contribution is -0.144. The molecule has 0 bridgehead atoms. The minimum absolute atomic E-state index is 0.0612. The van der Waals surface area contributed by atoms with Gasteiger partial charge in [-0.3, -0.25) is 9.59 Å². The number of carbonyl (C=O) groups excluding carboxylic acids is 2. The summed E-state index contributed by atoms with van der Waals surface area (Å²) in [5, 5.41) is 5.87. The van der Waals surface area contributed by atoms with Crippen molar-refractivity contribution in [3.05, 3.63) is 41.8 Å². The van der Waals surface area contributed by atoms with Crippen molar-refractivity contribution in [1.82, 2.24) is 10.1 Å². The molecular weight excluding hydrogens is 361 g/mol. The average molecular weight is 381 g/mol. The summed E-state index contributed by atoms with van der Waals surface area (Å²) in [6.07, 6.45) is 0. The number of halogens is 1. The molecule has 0 aliphatic rings. The van der Waals surface area contributed by atoms with E-state index in [0.717, 1.165) is 11.8 Å². The third-order valence-corrected chi connectivity index (χ3v) is 4.38. The fourth-order valence-corrected chi connectivity index (χ4v) is 2.49. The number of esters is 1. The Kier molecular flexibility index (Phi) is 7.14. The van der Waals surface area contributed by atoms with Crippen LogP contribution in [0.1, 0.15) is 38.4 Å². The van der Waals surface area contributed by atoms with Crippen LogP contribution in [-0.4, -0.2) is 33.0 Å². The van der Waals surface area contributed by atoms with E-state index in [9.17, 15) is 14.0 Å². The van der Waals surface area contributed by atoms with Crippen LogP contribution < -0.4 is 5.32 Å². The summed E-state index contributed by atoms with van der Waals surface area (Å²) in [5.74, 6) is -0.184. The van der Waals surface area contributed by atoms with Crippen LogP contribution in [0.25, 0.3) is 0 Å². The van der Waals surface area contributed by atoms with E-state index < -0.39 is 11.2 Å². The van der Waals surface area contributed by atoms with Crippen molar-refractivity contribution >= 4 is 29.3 Å². The van der Waals surface area contributed by atoms with Crippen molar-refractivity contribution in [3.8, 4) is 0 Å². The van der Waals surface area contributed by atoms with Crippen LogP contribution >= 0.6 is 11.8 Å². The number of ether oxygens (including phenoxy) is 1. The average Bonchev–Trinajstić information content (AvgIpc) is 3.09. The molecule has 140 valence electrons.